The van der Waals surface area contributed by atoms with E-state index in [1.165, 1.54) is 7.11 Å². The number of aromatic hydroxyl groups is 1. The van der Waals surface area contributed by atoms with Crippen LogP contribution in [-0.2, 0) is 5.54 Å². The maximum absolute atomic E-state index is 14.3. The van der Waals surface area contributed by atoms with E-state index in [4.69, 9.17) is 14.6 Å². The van der Waals surface area contributed by atoms with E-state index < -0.39 is 5.54 Å². The summed E-state index contributed by atoms with van der Waals surface area (Å²) in [6, 6.07) is 25.2. The van der Waals surface area contributed by atoms with Crippen LogP contribution in [0.4, 0.5) is 11.4 Å². The first kappa shape index (κ1) is 29.1. The Balaban J connectivity index is 1.62. The Bertz CT molecular complexity index is 1680. The van der Waals surface area contributed by atoms with Gasteiger partial charge in [0.15, 0.2) is 11.5 Å². The summed E-state index contributed by atoms with van der Waals surface area (Å²) >= 11 is 0. The molecule has 1 N–H and O–H groups in total. The maximum atomic E-state index is 14.3. The molecule has 0 aliphatic carbocycles. The number of rotatable bonds is 9. The quantitative estimate of drug-likeness (QED) is 0.212. The zero-order valence-electron chi connectivity index (χ0n) is 25.9. The number of ether oxygens (including phenoxy) is 2. The van der Waals surface area contributed by atoms with Crippen LogP contribution in [0.3, 0.4) is 0 Å². The normalized spacial score (nSPS) is 14.3. The van der Waals surface area contributed by atoms with Gasteiger partial charge in [-0.1, -0.05) is 30.3 Å². The minimum absolute atomic E-state index is 0.0334. The number of methoxy groups -OCH3 is 1. The number of carbonyl (C=O) groups is 1. The van der Waals surface area contributed by atoms with Crippen molar-refractivity contribution in [1.29, 1.82) is 0 Å². The standard InChI is InChI=1S/C36H38N4O4/c1-6-38(7-2)25-15-17-29-32(21-25)44-33-22-26(39(8-3)9-4)16-18-30(33)36(29)28-13-11-10-12-27(28)35(42)40(36)37-23-24-14-19-31(41)34(20-24)43-5/h10-23,41H,6-9H2,1-5H3/b37-23+. The molecular weight excluding hydrogens is 552 g/mol. The van der Waals surface area contributed by atoms with Gasteiger partial charge in [0.1, 0.15) is 17.0 Å². The van der Waals surface area contributed by atoms with E-state index in [-0.39, 0.29) is 11.7 Å². The number of hydrogen-bond acceptors (Lipinski definition) is 7. The third kappa shape index (κ3) is 4.44. The molecule has 0 fully saturated rings. The number of anilines is 2. The fraction of sp³-hybridized carbons (Fsp3) is 0.278. The summed E-state index contributed by atoms with van der Waals surface area (Å²) < 4.78 is 12.1. The highest BCUT2D eigenvalue weighted by molar-refractivity contribution is 6.03. The number of amides is 1. The summed E-state index contributed by atoms with van der Waals surface area (Å²) in [5.74, 6) is 1.53. The summed E-state index contributed by atoms with van der Waals surface area (Å²) in [6.07, 6.45) is 1.64. The molecule has 0 unspecified atom stereocenters. The molecule has 8 nitrogen and oxygen atoms in total. The lowest BCUT2D eigenvalue weighted by molar-refractivity contribution is 0.0675. The highest BCUT2D eigenvalue weighted by Crippen LogP contribution is 2.58. The van der Waals surface area contributed by atoms with E-state index in [2.05, 4.69) is 73.9 Å². The van der Waals surface area contributed by atoms with Crippen LogP contribution in [0.15, 0.2) is 84.0 Å². The van der Waals surface area contributed by atoms with Crippen LogP contribution in [0.1, 0.15) is 60.3 Å². The third-order valence-corrected chi connectivity index (χ3v) is 8.77. The number of nitrogens with zero attached hydrogens (tertiary/aromatic N) is 4. The Labute approximate surface area is 258 Å². The molecule has 6 rings (SSSR count). The number of fused-ring (bicyclic) bond motifs is 6. The van der Waals surface area contributed by atoms with Gasteiger partial charge >= 0.3 is 0 Å². The molecule has 8 heteroatoms. The van der Waals surface area contributed by atoms with Gasteiger partial charge < -0.3 is 24.4 Å². The van der Waals surface area contributed by atoms with E-state index in [0.29, 0.717) is 28.4 Å². The fourth-order valence-corrected chi connectivity index (χ4v) is 6.55. The van der Waals surface area contributed by atoms with Gasteiger partial charge in [0.25, 0.3) is 5.91 Å². The molecule has 2 aliphatic rings. The second kappa shape index (κ2) is 11.6. The number of hydrazone groups is 1. The number of benzene rings is 4. The Hall–Kier alpha value is -4.98. The van der Waals surface area contributed by atoms with Gasteiger partial charge in [-0.3, -0.25) is 4.79 Å². The van der Waals surface area contributed by atoms with E-state index in [0.717, 1.165) is 54.2 Å². The third-order valence-electron chi connectivity index (χ3n) is 8.77. The average molecular weight is 591 g/mol. The predicted molar refractivity (Wildman–Crippen MR) is 175 cm³/mol. The predicted octanol–water partition coefficient (Wildman–Crippen LogP) is 6.98. The maximum Gasteiger partial charge on any atom is 0.275 e. The summed E-state index contributed by atoms with van der Waals surface area (Å²) in [5, 5.41) is 16.6. The van der Waals surface area contributed by atoms with Gasteiger partial charge in [0, 0.05) is 71.9 Å². The molecule has 226 valence electrons. The highest BCUT2D eigenvalue weighted by Gasteiger charge is 2.57. The Morgan fingerprint density at radius 1 is 0.818 bits per heavy atom. The second-order valence-electron chi connectivity index (χ2n) is 10.9. The van der Waals surface area contributed by atoms with E-state index in [9.17, 15) is 9.90 Å². The molecule has 0 bridgehead atoms. The summed E-state index contributed by atoms with van der Waals surface area (Å²) in [6.45, 7) is 12.0. The Morgan fingerprint density at radius 2 is 1.41 bits per heavy atom. The van der Waals surface area contributed by atoms with Crippen LogP contribution < -0.4 is 19.3 Å². The molecule has 4 aromatic carbocycles. The largest absolute Gasteiger partial charge is 0.504 e. The minimum Gasteiger partial charge on any atom is -0.504 e. The summed E-state index contributed by atoms with van der Waals surface area (Å²) in [5.41, 5.74) is 4.84. The van der Waals surface area contributed by atoms with Gasteiger partial charge in [-0.15, -0.1) is 0 Å². The number of phenols is 1. The van der Waals surface area contributed by atoms with Crippen molar-refractivity contribution in [3.8, 4) is 23.0 Å². The number of carbonyl (C=O) groups excluding carboxylic acids is 1. The van der Waals surface area contributed by atoms with Crippen LogP contribution in [0.25, 0.3) is 0 Å². The van der Waals surface area contributed by atoms with Crippen LogP contribution in [0.2, 0.25) is 0 Å². The fourth-order valence-electron chi connectivity index (χ4n) is 6.55. The first-order valence-electron chi connectivity index (χ1n) is 15.2. The molecule has 0 radical (unpaired) electrons. The number of phenolic OH excluding ortho intramolecular Hbond substituents is 1. The molecule has 0 atom stereocenters. The lowest BCUT2D eigenvalue weighted by atomic mass is 9.75. The van der Waals surface area contributed by atoms with Crippen molar-refractivity contribution in [2.24, 2.45) is 5.10 Å². The first-order valence-corrected chi connectivity index (χ1v) is 15.2. The lowest BCUT2D eigenvalue weighted by Crippen LogP contribution is -2.44. The topological polar surface area (TPSA) is 77.8 Å². The zero-order chi connectivity index (χ0) is 31.0. The monoisotopic (exact) mass is 590 g/mol. The van der Waals surface area contributed by atoms with Gasteiger partial charge in [0.05, 0.1) is 13.3 Å². The molecule has 1 amide bonds. The van der Waals surface area contributed by atoms with Gasteiger partial charge in [0.2, 0.25) is 0 Å². The van der Waals surface area contributed by atoms with Crippen LogP contribution in [0, 0.1) is 0 Å². The average Bonchev–Trinajstić information content (AvgIpc) is 3.29. The molecule has 2 heterocycles. The lowest BCUT2D eigenvalue weighted by Gasteiger charge is -2.42. The minimum atomic E-state index is -1.07. The number of hydrogen-bond donors (Lipinski definition) is 1. The smallest absolute Gasteiger partial charge is 0.275 e. The van der Waals surface area contributed by atoms with Gasteiger partial charge in [-0.05, 0) is 69.7 Å². The van der Waals surface area contributed by atoms with Crippen molar-refractivity contribution < 1.29 is 19.4 Å². The van der Waals surface area contributed by atoms with Crippen molar-refractivity contribution >= 4 is 23.5 Å². The highest BCUT2D eigenvalue weighted by atomic mass is 16.5. The second-order valence-corrected chi connectivity index (χ2v) is 10.9. The van der Waals surface area contributed by atoms with E-state index in [1.807, 2.05) is 24.3 Å². The van der Waals surface area contributed by atoms with Crippen LogP contribution in [0.5, 0.6) is 23.0 Å². The molecule has 44 heavy (non-hydrogen) atoms. The molecule has 4 aromatic rings. The molecular formula is C36H38N4O4. The van der Waals surface area contributed by atoms with Crippen molar-refractivity contribution in [2.45, 2.75) is 33.2 Å². The van der Waals surface area contributed by atoms with Crippen molar-refractivity contribution in [3.05, 3.63) is 107 Å². The summed E-state index contributed by atoms with van der Waals surface area (Å²) in [4.78, 5) is 18.9. The summed E-state index contributed by atoms with van der Waals surface area (Å²) in [7, 11) is 1.50. The van der Waals surface area contributed by atoms with Crippen molar-refractivity contribution in [3.63, 3.8) is 0 Å². The molecule has 0 aromatic heterocycles. The van der Waals surface area contributed by atoms with Crippen LogP contribution in [-0.4, -0.2) is 55.5 Å². The van der Waals surface area contributed by atoms with E-state index in [1.54, 1.807) is 29.4 Å². The van der Waals surface area contributed by atoms with Crippen LogP contribution >= 0.6 is 0 Å². The van der Waals surface area contributed by atoms with Gasteiger partial charge in [-0.2, -0.15) is 5.10 Å². The van der Waals surface area contributed by atoms with E-state index >= 15 is 0 Å². The first-order chi connectivity index (χ1) is 21.4. The molecule has 0 saturated carbocycles. The Kier molecular flexibility index (Phi) is 7.67. The van der Waals surface area contributed by atoms with Crippen molar-refractivity contribution in [2.75, 3.05) is 43.1 Å². The van der Waals surface area contributed by atoms with Crippen molar-refractivity contribution in [1.82, 2.24) is 5.01 Å². The van der Waals surface area contributed by atoms with Gasteiger partial charge in [-0.25, -0.2) is 5.01 Å². The zero-order valence-corrected chi connectivity index (χ0v) is 25.9. The molecule has 1 spiro atoms. The SMILES string of the molecule is CCN(CC)c1ccc2c(c1)Oc1cc(N(CC)CC)ccc1C21c2ccccc2C(=O)N1/N=C/c1ccc(O)c(OC)c1. The molecule has 2 aliphatic heterocycles. The molecule has 0 saturated heterocycles. The Morgan fingerprint density at radius 3 is 1.98 bits per heavy atom.